The molecular weight excluding hydrogens is 236 g/mol. The van der Waals surface area contributed by atoms with Crippen molar-refractivity contribution in [1.29, 1.82) is 0 Å². The van der Waals surface area contributed by atoms with Gasteiger partial charge < -0.3 is 10.2 Å². The van der Waals surface area contributed by atoms with Crippen molar-refractivity contribution in [3.63, 3.8) is 0 Å². The zero-order valence-corrected chi connectivity index (χ0v) is 10.8. The molecule has 4 nitrogen and oxygen atoms in total. The summed E-state index contributed by atoms with van der Waals surface area (Å²) < 4.78 is 0. The summed E-state index contributed by atoms with van der Waals surface area (Å²) in [5.74, 6) is 0.0460. The lowest BCUT2D eigenvalue weighted by Crippen LogP contribution is -2.47. The van der Waals surface area contributed by atoms with Gasteiger partial charge in [-0.15, -0.1) is 0 Å². The Balaban J connectivity index is 2.27. The average molecular weight is 252 g/mol. The predicted octanol–water partition coefficient (Wildman–Crippen LogP) is 1.63. The van der Waals surface area contributed by atoms with Crippen LogP contribution in [-0.4, -0.2) is 24.4 Å². The van der Waals surface area contributed by atoms with Crippen molar-refractivity contribution in [3.05, 3.63) is 16.8 Å². The summed E-state index contributed by atoms with van der Waals surface area (Å²) in [4.78, 5) is 25.6. The van der Waals surface area contributed by atoms with Gasteiger partial charge in [-0.05, 0) is 17.4 Å². The Hall–Kier alpha value is -1.36. The molecule has 92 valence electrons. The standard InChI is InChI=1S/C12H16N2O2S/c1-8(2)11-12(16)14(5-3-10(15)13-11)9-4-6-17-7-9/h4,6-8,11H,3,5H2,1-2H3,(H,13,15). The second-order valence-electron chi connectivity index (χ2n) is 4.51. The average Bonchev–Trinajstić information content (AvgIpc) is 2.74. The molecule has 0 aromatic carbocycles. The third-order valence-electron chi connectivity index (χ3n) is 2.90. The molecule has 0 aliphatic carbocycles. The van der Waals surface area contributed by atoms with Crippen LogP contribution in [0, 0.1) is 5.92 Å². The van der Waals surface area contributed by atoms with E-state index in [0.29, 0.717) is 13.0 Å². The van der Waals surface area contributed by atoms with E-state index in [1.807, 2.05) is 30.7 Å². The van der Waals surface area contributed by atoms with Crippen LogP contribution in [0.4, 0.5) is 5.69 Å². The normalized spacial score (nSPS) is 21.6. The number of hydrogen-bond acceptors (Lipinski definition) is 3. The highest BCUT2D eigenvalue weighted by atomic mass is 32.1. The van der Waals surface area contributed by atoms with E-state index in [9.17, 15) is 9.59 Å². The molecule has 1 unspecified atom stereocenters. The lowest BCUT2D eigenvalue weighted by molar-refractivity contribution is -0.126. The van der Waals surface area contributed by atoms with Crippen LogP contribution >= 0.6 is 11.3 Å². The first-order valence-electron chi connectivity index (χ1n) is 5.72. The molecule has 1 atom stereocenters. The summed E-state index contributed by atoms with van der Waals surface area (Å²) in [6.45, 7) is 4.35. The summed E-state index contributed by atoms with van der Waals surface area (Å²) in [5, 5.41) is 6.67. The Morgan fingerprint density at radius 3 is 2.82 bits per heavy atom. The first-order chi connectivity index (χ1) is 8.09. The molecule has 0 spiro atoms. The molecule has 1 aromatic rings. The van der Waals surface area contributed by atoms with Crippen LogP contribution in [-0.2, 0) is 9.59 Å². The van der Waals surface area contributed by atoms with Crippen LogP contribution in [0.2, 0.25) is 0 Å². The second-order valence-corrected chi connectivity index (χ2v) is 5.29. The fourth-order valence-corrected chi connectivity index (χ4v) is 2.56. The van der Waals surface area contributed by atoms with E-state index in [2.05, 4.69) is 5.32 Å². The summed E-state index contributed by atoms with van der Waals surface area (Å²) in [6, 6.07) is 1.50. The minimum absolute atomic E-state index is 0.00995. The Labute approximate surface area is 105 Å². The van der Waals surface area contributed by atoms with Gasteiger partial charge in [-0.2, -0.15) is 11.3 Å². The first-order valence-corrected chi connectivity index (χ1v) is 6.67. The van der Waals surface area contributed by atoms with Crippen molar-refractivity contribution < 1.29 is 9.59 Å². The minimum atomic E-state index is -0.412. The topological polar surface area (TPSA) is 49.4 Å². The van der Waals surface area contributed by atoms with Crippen molar-refractivity contribution in [2.75, 3.05) is 11.4 Å². The smallest absolute Gasteiger partial charge is 0.249 e. The van der Waals surface area contributed by atoms with E-state index in [-0.39, 0.29) is 17.7 Å². The van der Waals surface area contributed by atoms with Gasteiger partial charge in [0, 0.05) is 18.3 Å². The van der Waals surface area contributed by atoms with Crippen LogP contribution in [0.1, 0.15) is 20.3 Å². The molecule has 1 N–H and O–H groups in total. The molecule has 0 saturated carbocycles. The number of anilines is 1. The number of thiophene rings is 1. The maximum Gasteiger partial charge on any atom is 0.249 e. The van der Waals surface area contributed by atoms with Gasteiger partial charge >= 0.3 is 0 Å². The van der Waals surface area contributed by atoms with Crippen molar-refractivity contribution >= 4 is 28.8 Å². The molecule has 2 heterocycles. The number of nitrogens with one attached hydrogen (secondary N) is 1. The van der Waals surface area contributed by atoms with Crippen molar-refractivity contribution in [3.8, 4) is 0 Å². The van der Waals surface area contributed by atoms with Crippen LogP contribution in [0.25, 0.3) is 0 Å². The van der Waals surface area contributed by atoms with Gasteiger partial charge in [0.2, 0.25) is 11.8 Å². The minimum Gasteiger partial charge on any atom is -0.344 e. The van der Waals surface area contributed by atoms with Gasteiger partial charge in [-0.25, -0.2) is 0 Å². The summed E-state index contributed by atoms with van der Waals surface area (Å²) in [7, 11) is 0. The van der Waals surface area contributed by atoms with E-state index in [1.54, 1.807) is 16.2 Å². The van der Waals surface area contributed by atoms with Gasteiger partial charge in [-0.3, -0.25) is 9.59 Å². The highest BCUT2D eigenvalue weighted by molar-refractivity contribution is 7.08. The Morgan fingerprint density at radius 2 is 2.24 bits per heavy atom. The second kappa shape index (κ2) is 4.87. The number of hydrogen-bond donors (Lipinski definition) is 1. The largest absolute Gasteiger partial charge is 0.344 e. The molecule has 17 heavy (non-hydrogen) atoms. The van der Waals surface area contributed by atoms with Gasteiger partial charge in [0.05, 0.1) is 5.69 Å². The van der Waals surface area contributed by atoms with Crippen molar-refractivity contribution in [1.82, 2.24) is 5.32 Å². The number of nitrogens with zero attached hydrogens (tertiary/aromatic N) is 1. The number of carbonyl (C=O) groups excluding carboxylic acids is 2. The van der Waals surface area contributed by atoms with Gasteiger partial charge in [0.25, 0.3) is 0 Å². The predicted molar refractivity (Wildman–Crippen MR) is 68.1 cm³/mol. The highest BCUT2D eigenvalue weighted by Gasteiger charge is 2.32. The molecule has 2 amide bonds. The van der Waals surface area contributed by atoms with E-state index >= 15 is 0 Å². The van der Waals surface area contributed by atoms with E-state index in [4.69, 9.17) is 0 Å². The van der Waals surface area contributed by atoms with Crippen LogP contribution < -0.4 is 10.2 Å². The summed E-state index contributed by atoms with van der Waals surface area (Å²) in [6.07, 6.45) is 0.366. The molecule has 0 bridgehead atoms. The van der Waals surface area contributed by atoms with E-state index in [0.717, 1.165) is 5.69 Å². The van der Waals surface area contributed by atoms with Crippen molar-refractivity contribution in [2.45, 2.75) is 26.3 Å². The summed E-state index contributed by atoms with van der Waals surface area (Å²) in [5.41, 5.74) is 0.891. The van der Waals surface area contributed by atoms with Crippen LogP contribution in [0.15, 0.2) is 16.8 Å². The van der Waals surface area contributed by atoms with Gasteiger partial charge in [0.15, 0.2) is 0 Å². The molecule has 1 aliphatic heterocycles. The zero-order valence-electron chi connectivity index (χ0n) is 9.97. The van der Waals surface area contributed by atoms with Crippen molar-refractivity contribution in [2.24, 2.45) is 5.92 Å². The highest BCUT2D eigenvalue weighted by Crippen LogP contribution is 2.22. The third kappa shape index (κ3) is 2.49. The fourth-order valence-electron chi connectivity index (χ4n) is 1.92. The Bertz CT molecular complexity index is 414. The van der Waals surface area contributed by atoms with E-state index < -0.39 is 6.04 Å². The third-order valence-corrected chi connectivity index (χ3v) is 3.57. The van der Waals surface area contributed by atoms with Gasteiger partial charge in [0.1, 0.15) is 6.04 Å². The molecule has 1 saturated heterocycles. The monoisotopic (exact) mass is 252 g/mol. The van der Waals surface area contributed by atoms with Gasteiger partial charge in [-0.1, -0.05) is 13.8 Å². The molecule has 1 aliphatic rings. The SMILES string of the molecule is CC(C)C1NC(=O)CCN(c2ccsc2)C1=O. The first kappa shape index (κ1) is 12.1. The van der Waals surface area contributed by atoms with E-state index in [1.165, 1.54) is 0 Å². The summed E-state index contributed by atoms with van der Waals surface area (Å²) >= 11 is 1.55. The number of rotatable bonds is 2. The quantitative estimate of drug-likeness (QED) is 0.869. The Morgan fingerprint density at radius 1 is 1.47 bits per heavy atom. The molecule has 2 rings (SSSR count). The zero-order chi connectivity index (χ0) is 12.4. The molecule has 1 fully saturated rings. The fraction of sp³-hybridized carbons (Fsp3) is 0.500. The maximum absolute atomic E-state index is 12.3. The van der Waals surface area contributed by atoms with Crippen LogP contribution in [0.3, 0.4) is 0 Å². The lowest BCUT2D eigenvalue weighted by Gasteiger charge is -2.25. The molecule has 1 aromatic heterocycles. The number of carbonyl (C=O) groups is 2. The lowest BCUT2D eigenvalue weighted by atomic mass is 10.0. The Kier molecular flexibility index (Phi) is 3.47. The molecular formula is C12H16N2O2S. The number of amides is 2. The molecule has 5 heteroatoms. The maximum atomic E-state index is 12.3. The molecule has 0 radical (unpaired) electrons. The van der Waals surface area contributed by atoms with Crippen LogP contribution in [0.5, 0.6) is 0 Å².